The summed E-state index contributed by atoms with van der Waals surface area (Å²) in [5.74, 6) is -1.32. The molecule has 0 aliphatic rings. The van der Waals surface area contributed by atoms with Gasteiger partial charge in [0.2, 0.25) is 0 Å². The lowest BCUT2D eigenvalue weighted by Gasteiger charge is -2.24. The molecule has 1 amide bonds. The fraction of sp³-hybridized carbons (Fsp3) is 0.462. The third kappa shape index (κ3) is 4.31. The Balaban J connectivity index is 2.69. The standard InChI is InChI=1S/C13H17F2NO2/c1-13(2,3)18-12(17)16(4)8-9-5-6-10(14)7-11(9)15/h5-7H,8H2,1-4H3. The maximum Gasteiger partial charge on any atom is 0.410 e. The first-order valence-electron chi connectivity index (χ1n) is 5.57. The van der Waals surface area contributed by atoms with E-state index in [9.17, 15) is 13.6 Å². The average molecular weight is 257 g/mol. The number of hydrogen-bond acceptors (Lipinski definition) is 2. The van der Waals surface area contributed by atoms with Crippen LogP contribution in [0.15, 0.2) is 18.2 Å². The molecule has 0 radical (unpaired) electrons. The second-order valence-corrected chi connectivity index (χ2v) is 5.07. The van der Waals surface area contributed by atoms with Crippen LogP contribution in [0.4, 0.5) is 13.6 Å². The molecule has 0 heterocycles. The summed E-state index contributed by atoms with van der Waals surface area (Å²) >= 11 is 0. The molecule has 1 aromatic rings. The monoisotopic (exact) mass is 257 g/mol. The number of carbonyl (C=O) groups excluding carboxylic acids is 1. The molecular weight excluding hydrogens is 240 g/mol. The van der Waals surface area contributed by atoms with E-state index < -0.39 is 23.3 Å². The molecule has 0 unspecified atom stereocenters. The molecule has 0 N–H and O–H groups in total. The molecule has 3 nitrogen and oxygen atoms in total. The number of halogens is 2. The number of hydrogen-bond donors (Lipinski definition) is 0. The summed E-state index contributed by atoms with van der Waals surface area (Å²) < 4.78 is 31.2. The fourth-order valence-corrected chi connectivity index (χ4v) is 1.31. The van der Waals surface area contributed by atoms with Gasteiger partial charge in [-0.2, -0.15) is 0 Å². The predicted octanol–water partition coefficient (Wildman–Crippen LogP) is 3.33. The Kier molecular flexibility index (Phi) is 4.27. The zero-order valence-corrected chi connectivity index (χ0v) is 11.0. The van der Waals surface area contributed by atoms with Crippen molar-refractivity contribution in [1.82, 2.24) is 4.90 Å². The van der Waals surface area contributed by atoms with Crippen molar-refractivity contribution in [3.63, 3.8) is 0 Å². The van der Waals surface area contributed by atoms with Gasteiger partial charge in [0.05, 0.1) is 6.54 Å². The Morgan fingerprint density at radius 1 is 1.33 bits per heavy atom. The van der Waals surface area contributed by atoms with Crippen LogP contribution in [0, 0.1) is 11.6 Å². The second kappa shape index (κ2) is 5.33. The Hall–Kier alpha value is -1.65. The summed E-state index contributed by atoms with van der Waals surface area (Å²) in [4.78, 5) is 12.9. The van der Waals surface area contributed by atoms with Crippen molar-refractivity contribution >= 4 is 6.09 Å². The highest BCUT2D eigenvalue weighted by molar-refractivity contribution is 5.67. The highest BCUT2D eigenvalue weighted by Gasteiger charge is 2.20. The number of nitrogens with zero attached hydrogens (tertiary/aromatic N) is 1. The smallest absolute Gasteiger partial charge is 0.410 e. The number of rotatable bonds is 2. The van der Waals surface area contributed by atoms with Crippen LogP contribution >= 0.6 is 0 Å². The lowest BCUT2D eigenvalue weighted by atomic mass is 10.2. The molecule has 0 saturated carbocycles. The van der Waals surface area contributed by atoms with Crippen molar-refractivity contribution in [2.75, 3.05) is 7.05 Å². The largest absolute Gasteiger partial charge is 0.444 e. The SMILES string of the molecule is CN(Cc1ccc(F)cc1F)C(=O)OC(C)(C)C. The van der Waals surface area contributed by atoms with Gasteiger partial charge in [0.25, 0.3) is 0 Å². The van der Waals surface area contributed by atoms with E-state index in [4.69, 9.17) is 4.74 Å². The summed E-state index contributed by atoms with van der Waals surface area (Å²) in [6, 6.07) is 3.26. The van der Waals surface area contributed by atoms with Gasteiger partial charge in [0.15, 0.2) is 0 Å². The molecule has 0 bridgehead atoms. The average Bonchev–Trinajstić information content (AvgIpc) is 2.19. The van der Waals surface area contributed by atoms with Gasteiger partial charge < -0.3 is 9.64 Å². The molecule has 0 spiro atoms. The summed E-state index contributed by atoms with van der Waals surface area (Å²) in [5.41, 5.74) is -0.364. The Morgan fingerprint density at radius 2 is 1.94 bits per heavy atom. The zero-order valence-electron chi connectivity index (χ0n) is 11.0. The highest BCUT2D eigenvalue weighted by Crippen LogP contribution is 2.14. The van der Waals surface area contributed by atoms with E-state index in [1.165, 1.54) is 18.0 Å². The summed E-state index contributed by atoms with van der Waals surface area (Å²) in [5, 5.41) is 0. The quantitative estimate of drug-likeness (QED) is 0.813. The van der Waals surface area contributed by atoms with E-state index in [0.717, 1.165) is 12.1 Å². The van der Waals surface area contributed by atoms with E-state index in [1.807, 2.05) is 0 Å². The summed E-state index contributed by atoms with van der Waals surface area (Å²) in [6.45, 7) is 5.27. The van der Waals surface area contributed by atoms with Crippen molar-refractivity contribution in [3.05, 3.63) is 35.4 Å². The van der Waals surface area contributed by atoms with Crippen molar-refractivity contribution in [1.29, 1.82) is 0 Å². The molecule has 5 heteroatoms. The van der Waals surface area contributed by atoms with Gasteiger partial charge in [0, 0.05) is 18.7 Å². The van der Waals surface area contributed by atoms with Crippen LogP contribution in [0.1, 0.15) is 26.3 Å². The molecule has 1 aromatic carbocycles. The number of ether oxygens (including phenoxy) is 1. The minimum atomic E-state index is -0.676. The fourth-order valence-electron chi connectivity index (χ4n) is 1.31. The third-order valence-electron chi connectivity index (χ3n) is 2.13. The van der Waals surface area contributed by atoms with Crippen LogP contribution in [0.25, 0.3) is 0 Å². The normalized spacial score (nSPS) is 11.2. The maximum atomic E-state index is 13.4. The van der Waals surface area contributed by atoms with Crippen molar-refractivity contribution < 1.29 is 18.3 Å². The molecule has 1 rings (SSSR count). The van der Waals surface area contributed by atoms with Crippen LogP contribution in [0.2, 0.25) is 0 Å². The molecule has 0 aliphatic carbocycles. The maximum absolute atomic E-state index is 13.4. The van der Waals surface area contributed by atoms with Crippen molar-refractivity contribution in [2.24, 2.45) is 0 Å². The number of benzene rings is 1. The first-order chi connectivity index (χ1) is 8.19. The van der Waals surface area contributed by atoms with Gasteiger partial charge in [-0.25, -0.2) is 13.6 Å². The van der Waals surface area contributed by atoms with E-state index in [2.05, 4.69) is 0 Å². The van der Waals surface area contributed by atoms with Gasteiger partial charge in [0.1, 0.15) is 17.2 Å². The van der Waals surface area contributed by atoms with Crippen molar-refractivity contribution in [2.45, 2.75) is 32.9 Å². The Bertz CT molecular complexity index is 441. The predicted molar refractivity (Wildman–Crippen MR) is 64.1 cm³/mol. The molecule has 0 aliphatic heterocycles. The lowest BCUT2D eigenvalue weighted by molar-refractivity contribution is 0.0284. The van der Waals surface area contributed by atoms with Gasteiger partial charge in [-0.3, -0.25) is 0 Å². The highest BCUT2D eigenvalue weighted by atomic mass is 19.1. The van der Waals surface area contributed by atoms with Crippen LogP contribution in [0.5, 0.6) is 0 Å². The van der Waals surface area contributed by atoms with Crippen LogP contribution in [-0.2, 0) is 11.3 Å². The summed E-state index contributed by atoms with van der Waals surface area (Å²) in [7, 11) is 1.50. The first-order valence-corrected chi connectivity index (χ1v) is 5.57. The minimum absolute atomic E-state index is 0.0288. The lowest BCUT2D eigenvalue weighted by Crippen LogP contribution is -2.34. The number of carbonyl (C=O) groups is 1. The minimum Gasteiger partial charge on any atom is -0.444 e. The third-order valence-corrected chi connectivity index (χ3v) is 2.13. The number of amides is 1. The van der Waals surface area contributed by atoms with Crippen LogP contribution in [-0.4, -0.2) is 23.6 Å². The van der Waals surface area contributed by atoms with E-state index in [0.29, 0.717) is 0 Å². The van der Waals surface area contributed by atoms with E-state index in [-0.39, 0.29) is 12.1 Å². The van der Waals surface area contributed by atoms with Crippen LogP contribution < -0.4 is 0 Å². The molecular formula is C13H17F2NO2. The second-order valence-electron chi connectivity index (χ2n) is 5.07. The Morgan fingerprint density at radius 3 is 2.44 bits per heavy atom. The molecule has 18 heavy (non-hydrogen) atoms. The first kappa shape index (κ1) is 14.4. The van der Waals surface area contributed by atoms with Gasteiger partial charge >= 0.3 is 6.09 Å². The topological polar surface area (TPSA) is 29.5 Å². The molecule has 0 aromatic heterocycles. The van der Waals surface area contributed by atoms with Gasteiger partial charge in [-0.05, 0) is 26.8 Å². The van der Waals surface area contributed by atoms with Crippen LogP contribution in [0.3, 0.4) is 0 Å². The molecule has 0 atom stereocenters. The zero-order chi connectivity index (χ0) is 13.9. The van der Waals surface area contributed by atoms with E-state index in [1.54, 1.807) is 20.8 Å². The summed E-state index contributed by atoms with van der Waals surface area (Å²) in [6.07, 6.45) is -0.550. The van der Waals surface area contributed by atoms with Crippen molar-refractivity contribution in [3.8, 4) is 0 Å². The van der Waals surface area contributed by atoms with Gasteiger partial charge in [-0.1, -0.05) is 6.07 Å². The molecule has 100 valence electrons. The molecule has 0 fully saturated rings. The molecule has 0 saturated heterocycles. The Labute approximate surface area is 105 Å². The van der Waals surface area contributed by atoms with Gasteiger partial charge in [-0.15, -0.1) is 0 Å². The van der Waals surface area contributed by atoms with E-state index >= 15 is 0 Å².